The van der Waals surface area contributed by atoms with Gasteiger partial charge in [0, 0.05) is 12.8 Å². The maximum absolute atomic E-state index is 12.5. The highest BCUT2D eigenvalue weighted by Gasteiger charge is 2.18. The number of rotatable bonds is 60. The summed E-state index contributed by atoms with van der Waals surface area (Å²) in [6.45, 7) is 4.93. The molecule has 0 saturated heterocycles. The van der Waals surface area contributed by atoms with Crippen LogP contribution < -0.4 is 5.32 Å². The molecular formula is C64H125NO5. The van der Waals surface area contributed by atoms with Crippen LogP contribution in [-0.2, 0) is 14.3 Å². The number of carbonyl (C=O) groups excluding carboxylic acids is 2. The molecule has 3 N–H and O–H groups in total. The first kappa shape index (κ1) is 68.6. The van der Waals surface area contributed by atoms with Gasteiger partial charge in [-0.25, -0.2) is 0 Å². The Morgan fingerprint density at radius 2 is 0.657 bits per heavy atom. The zero-order valence-corrected chi connectivity index (χ0v) is 47.5. The molecule has 0 bridgehead atoms. The zero-order valence-electron chi connectivity index (χ0n) is 47.5. The number of aliphatic hydroxyl groups excluding tert-OH is 2. The fourth-order valence-electron chi connectivity index (χ4n) is 10.2. The Morgan fingerprint density at radius 1 is 0.386 bits per heavy atom. The molecular weight excluding hydrogens is 863 g/mol. The van der Waals surface area contributed by atoms with Crippen molar-refractivity contribution >= 4 is 11.9 Å². The number of hydrogen-bond acceptors (Lipinski definition) is 5. The molecule has 0 aliphatic heterocycles. The number of carbonyl (C=O) groups is 2. The molecule has 0 fully saturated rings. The lowest BCUT2D eigenvalue weighted by molar-refractivity contribution is -0.143. The molecule has 0 aliphatic rings. The molecule has 0 aromatic carbocycles. The topological polar surface area (TPSA) is 95.9 Å². The highest BCUT2D eigenvalue weighted by atomic mass is 16.5. The molecule has 1 amide bonds. The van der Waals surface area contributed by atoms with E-state index >= 15 is 0 Å². The van der Waals surface area contributed by atoms with Gasteiger partial charge in [-0.3, -0.25) is 9.59 Å². The number of ether oxygens (including phenoxy) is 1. The molecule has 416 valence electrons. The van der Waals surface area contributed by atoms with Gasteiger partial charge >= 0.3 is 5.97 Å². The van der Waals surface area contributed by atoms with Crippen LogP contribution in [0.3, 0.4) is 0 Å². The molecule has 0 radical (unpaired) electrons. The Kier molecular flexibility index (Phi) is 59.0. The van der Waals surface area contributed by atoms with Crippen molar-refractivity contribution in [1.82, 2.24) is 5.32 Å². The van der Waals surface area contributed by atoms with Gasteiger partial charge in [-0.05, 0) is 32.1 Å². The smallest absolute Gasteiger partial charge is 0.305 e. The second kappa shape index (κ2) is 60.2. The average Bonchev–Trinajstić information content (AvgIpc) is 3.36. The Labute approximate surface area is 438 Å². The van der Waals surface area contributed by atoms with E-state index in [-0.39, 0.29) is 18.5 Å². The van der Waals surface area contributed by atoms with Gasteiger partial charge in [0.05, 0.1) is 25.4 Å². The molecule has 70 heavy (non-hydrogen) atoms. The summed E-state index contributed by atoms with van der Waals surface area (Å²) in [7, 11) is 0. The van der Waals surface area contributed by atoms with E-state index in [1.54, 1.807) is 6.08 Å². The van der Waals surface area contributed by atoms with E-state index in [1.807, 2.05) is 6.08 Å². The van der Waals surface area contributed by atoms with Crippen LogP contribution in [0.4, 0.5) is 0 Å². The van der Waals surface area contributed by atoms with Crippen molar-refractivity contribution in [1.29, 1.82) is 0 Å². The Morgan fingerprint density at radius 3 is 0.971 bits per heavy atom. The van der Waals surface area contributed by atoms with Crippen LogP contribution >= 0.6 is 0 Å². The monoisotopic (exact) mass is 988 g/mol. The van der Waals surface area contributed by atoms with Crippen LogP contribution in [0.2, 0.25) is 0 Å². The summed E-state index contributed by atoms with van der Waals surface area (Å²) < 4.78 is 5.48. The lowest BCUT2D eigenvalue weighted by Crippen LogP contribution is -2.45. The second-order valence-electron chi connectivity index (χ2n) is 22.1. The maximum Gasteiger partial charge on any atom is 0.305 e. The SMILES string of the molecule is CCCCCCCCCCCCCC/C=C/C(O)C(CO)NC(=O)CCCCCCCCCCCCCCCCCCCCCCCCCCCCCOC(=O)CCCCCCCCCCCCCC. The largest absolute Gasteiger partial charge is 0.466 e. The molecule has 0 rings (SSSR count). The molecule has 6 heteroatoms. The number of aliphatic hydroxyl groups is 2. The van der Waals surface area contributed by atoms with E-state index in [9.17, 15) is 19.8 Å². The van der Waals surface area contributed by atoms with Gasteiger partial charge in [0.2, 0.25) is 5.91 Å². The van der Waals surface area contributed by atoms with Crippen LogP contribution in [0.15, 0.2) is 12.2 Å². The third-order valence-electron chi connectivity index (χ3n) is 15.1. The fraction of sp³-hybridized carbons (Fsp3) is 0.938. The summed E-state index contributed by atoms with van der Waals surface area (Å²) in [6, 6.07) is -0.624. The van der Waals surface area contributed by atoms with Crippen molar-refractivity contribution in [2.75, 3.05) is 13.2 Å². The first-order chi connectivity index (χ1) is 34.5. The van der Waals surface area contributed by atoms with Crippen LogP contribution in [0.25, 0.3) is 0 Å². The van der Waals surface area contributed by atoms with Crippen molar-refractivity contribution in [3.63, 3.8) is 0 Å². The molecule has 0 spiro atoms. The van der Waals surface area contributed by atoms with Crippen LogP contribution in [0.1, 0.15) is 361 Å². The average molecular weight is 989 g/mol. The van der Waals surface area contributed by atoms with E-state index < -0.39 is 12.1 Å². The molecule has 6 nitrogen and oxygen atoms in total. The molecule has 0 heterocycles. The van der Waals surface area contributed by atoms with E-state index in [4.69, 9.17) is 4.74 Å². The normalized spacial score (nSPS) is 12.6. The van der Waals surface area contributed by atoms with Gasteiger partial charge in [0.15, 0.2) is 0 Å². The van der Waals surface area contributed by atoms with E-state index in [1.165, 1.54) is 295 Å². The Balaban J connectivity index is 3.35. The Bertz CT molecular complexity index is 1050. The van der Waals surface area contributed by atoms with E-state index in [0.717, 1.165) is 38.5 Å². The number of amides is 1. The molecule has 0 aromatic rings. The van der Waals surface area contributed by atoms with Gasteiger partial charge in [-0.1, -0.05) is 328 Å². The van der Waals surface area contributed by atoms with Gasteiger partial charge in [-0.15, -0.1) is 0 Å². The maximum atomic E-state index is 12.5. The molecule has 2 atom stereocenters. The lowest BCUT2D eigenvalue weighted by Gasteiger charge is -2.20. The lowest BCUT2D eigenvalue weighted by atomic mass is 10.0. The predicted molar refractivity (Wildman–Crippen MR) is 306 cm³/mol. The van der Waals surface area contributed by atoms with Crippen molar-refractivity contribution in [3.8, 4) is 0 Å². The summed E-state index contributed by atoms with van der Waals surface area (Å²) in [5.74, 6) is -0.0443. The standard InChI is InChI=1S/C64H125NO5/c1-3-5-7-9-11-13-15-17-33-36-40-44-48-52-56-62(67)61(60-66)65-63(68)57-53-49-45-41-37-34-31-29-27-25-23-21-19-18-20-22-24-26-28-30-32-35-39-43-47-51-55-59-70-64(69)58-54-50-46-42-38-16-14-12-10-8-6-4-2/h52,56,61-62,66-67H,3-51,53-55,57-60H2,1-2H3,(H,65,68)/b56-52+. The van der Waals surface area contributed by atoms with Crippen molar-refractivity contribution in [2.45, 2.75) is 373 Å². The first-order valence-corrected chi connectivity index (χ1v) is 32.0. The highest BCUT2D eigenvalue weighted by molar-refractivity contribution is 5.76. The number of esters is 1. The first-order valence-electron chi connectivity index (χ1n) is 32.0. The second-order valence-corrected chi connectivity index (χ2v) is 22.1. The highest BCUT2D eigenvalue weighted by Crippen LogP contribution is 2.18. The zero-order chi connectivity index (χ0) is 50.7. The summed E-state index contributed by atoms with van der Waals surface area (Å²) in [4.78, 5) is 24.5. The Hall–Kier alpha value is -1.40. The summed E-state index contributed by atoms with van der Waals surface area (Å²) in [5.41, 5.74) is 0. The third kappa shape index (κ3) is 55.9. The number of hydrogen-bond donors (Lipinski definition) is 3. The van der Waals surface area contributed by atoms with Gasteiger partial charge in [-0.2, -0.15) is 0 Å². The van der Waals surface area contributed by atoms with Crippen LogP contribution in [0.5, 0.6) is 0 Å². The van der Waals surface area contributed by atoms with Gasteiger partial charge in [0.1, 0.15) is 0 Å². The van der Waals surface area contributed by atoms with Crippen LogP contribution in [0, 0.1) is 0 Å². The molecule has 0 saturated carbocycles. The van der Waals surface area contributed by atoms with E-state index in [2.05, 4.69) is 19.2 Å². The molecule has 0 aliphatic carbocycles. The van der Waals surface area contributed by atoms with Crippen molar-refractivity contribution in [2.24, 2.45) is 0 Å². The number of nitrogens with one attached hydrogen (secondary N) is 1. The minimum atomic E-state index is -0.841. The summed E-state index contributed by atoms with van der Waals surface area (Å²) in [6.07, 6.45) is 72.7. The summed E-state index contributed by atoms with van der Waals surface area (Å²) in [5, 5.41) is 23.1. The number of allylic oxidation sites excluding steroid dienone is 1. The van der Waals surface area contributed by atoms with Gasteiger partial charge in [0.25, 0.3) is 0 Å². The molecule has 2 unspecified atom stereocenters. The predicted octanol–water partition coefficient (Wildman–Crippen LogP) is 20.0. The number of unbranched alkanes of at least 4 members (excludes halogenated alkanes) is 49. The minimum Gasteiger partial charge on any atom is -0.466 e. The minimum absolute atomic E-state index is 0.0189. The van der Waals surface area contributed by atoms with Crippen molar-refractivity contribution in [3.05, 3.63) is 12.2 Å². The summed E-state index contributed by atoms with van der Waals surface area (Å²) >= 11 is 0. The third-order valence-corrected chi connectivity index (χ3v) is 15.1. The van der Waals surface area contributed by atoms with Crippen LogP contribution in [-0.4, -0.2) is 47.4 Å². The van der Waals surface area contributed by atoms with Gasteiger partial charge < -0.3 is 20.3 Å². The molecule has 0 aromatic heterocycles. The van der Waals surface area contributed by atoms with E-state index in [0.29, 0.717) is 19.4 Å². The fourth-order valence-corrected chi connectivity index (χ4v) is 10.2. The van der Waals surface area contributed by atoms with Crippen molar-refractivity contribution < 1.29 is 24.5 Å². The quantitative estimate of drug-likeness (QED) is 0.0321.